The lowest BCUT2D eigenvalue weighted by atomic mass is 9.94. The molecule has 0 radical (unpaired) electrons. The topological polar surface area (TPSA) is 94.8 Å². The molecule has 3 atom stereocenters. The molecule has 45 heavy (non-hydrogen) atoms. The first-order valence-corrected chi connectivity index (χ1v) is 15.9. The summed E-state index contributed by atoms with van der Waals surface area (Å²) in [5.74, 6) is -0.887. The molecule has 11 heteroatoms. The quantitative estimate of drug-likeness (QED) is 0.267. The number of hydrogen-bond donors (Lipinski definition) is 2. The van der Waals surface area contributed by atoms with Crippen molar-refractivity contribution in [3.63, 3.8) is 0 Å². The third-order valence-corrected chi connectivity index (χ3v) is 9.86. The number of aliphatic hydroxyl groups is 1. The molecule has 238 valence electrons. The number of alkyl halides is 1. The van der Waals surface area contributed by atoms with Gasteiger partial charge in [0.15, 0.2) is 5.82 Å². The van der Waals surface area contributed by atoms with Gasteiger partial charge in [0.25, 0.3) is 0 Å². The number of phenols is 1. The molecule has 2 aromatic carbocycles. The fourth-order valence-electron chi connectivity index (χ4n) is 7.75. The van der Waals surface area contributed by atoms with Crippen LogP contribution in [-0.4, -0.2) is 80.2 Å². The van der Waals surface area contributed by atoms with Gasteiger partial charge in [0.2, 0.25) is 0 Å². The number of aryl methyl sites for hydroxylation is 1. The summed E-state index contributed by atoms with van der Waals surface area (Å²) in [6.07, 6.45) is 5.29. The van der Waals surface area contributed by atoms with Gasteiger partial charge in [-0.3, -0.25) is 9.88 Å². The molecular weight excluding hydrogens is 583 g/mol. The van der Waals surface area contributed by atoms with Gasteiger partial charge in [-0.15, -0.1) is 0 Å². The van der Waals surface area contributed by atoms with E-state index in [9.17, 15) is 19.0 Å². The van der Waals surface area contributed by atoms with Crippen molar-refractivity contribution < 1.29 is 28.1 Å². The van der Waals surface area contributed by atoms with E-state index >= 15 is 4.39 Å². The van der Waals surface area contributed by atoms with E-state index in [1.807, 2.05) is 11.8 Å². The molecule has 3 fully saturated rings. The van der Waals surface area contributed by atoms with E-state index in [-0.39, 0.29) is 41.7 Å². The van der Waals surface area contributed by atoms with Gasteiger partial charge < -0.3 is 19.8 Å². The zero-order valence-electron chi connectivity index (χ0n) is 25.6. The Kier molecular flexibility index (Phi) is 7.51. The number of aromatic nitrogens is 3. The second-order valence-corrected chi connectivity index (χ2v) is 13.2. The number of benzene rings is 2. The van der Waals surface area contributed by atoms with Crippen molar-refractivity contribution in [3.8, 4) is 23.0 Å². The normalized spacial score (nSPS) is 25.6. The Hall–Kier alpha value is -3.70. The second kappa shape index (κ2) is 11.3. The Bertz CT molecular complexity index is 1790. The smallest absolute Gasteiger partial charge is 0.319 e. The zero-order chi connectivity index (χ0) is 31.5. The predicted octanol–water partition coefficient (Wildman–Crippen LogP) is 6.09. The molecule has 3 aliphatic rings. The number of fused-ring (bicyclic) bond motifs is 3. The first-order valence-electron chi connectivity index (χ1n) is 15.9. The minimum atomic E-state index is -0.981. The van der Waals surface area contributed by atoms with Crippen LogP contribution in [0.3, 0.4) is 0 Å². The fourth-order valence-corrected chi connectivity index (χ4v) is 7.75. The van der Waals surface area contributed by atoms with Crippen LogP contribution in [0.5, 0.6) is 11.8 Å². The number of ether oxygens (including phenoxy) is 1. The lowest BCUT2D eigenvalue weighted by Crippen LogP contribution is -2.43. The molecule has 0 bridgehead atoms. The molecule has 0 amide bonds. The minimum Gasteiger partial charge on any atom is -0.508 e. The molecule has 4 aromatic rings. The third-order valence-electron chi connectivity index (χ3n) is 9.86. The number of rotatable bonds is 6. The molecular formula is C34H38F3N5O3. The van der Waals surface area contributed by atoms with E-state index in [0.717, 1.165) is 32.2 Å². The second-order valence-electron chi connectivity index (χ2n) is 13.2. The van der Waals surface area contributed by atoms with Crippen LogP contribution in [0.4, 0.5) is 19.0 Å². The first-order chi connectivity index (χ1) is 21.6. The standard InChI is InChI=1S/C34H38F3N5O3/c1-3-23-26(36)8-7-20-13-22(43)14-24(27(20)23)29-28(37)30-25(16-38-29)31(41-11-5-4-9-33(2,44)18-41)40-32(39-30)45-19-34-10-6-12-42(34)17-21(35)15-34/h7-8,13-14,16,21,43-44H,3-6,9-12,15,17-19H2,1-2H3/t21-,33?,34+/m1/s1. The summed E-state index contributed by atoms with van der Waals surface area (Å²) in [5.41, 5.74) is -0.907. The van der Waals surface area contributed by atoms with Crippen molar-refractivity contribution in [3.05, 3.63) is 47.7 Å². The van der Waals surface area contributed by atoms with Crippen molar-refractivity contribution in [1.82, 2.24) is 19.9 Å². The van der Waals surface area contributed by atoms with Crippen molar-refractivity contribution >= 4 is 27.5 Å². The zero-order valence-corrected chi connectivity index (χ0v) is 25.6. The molecule has 7 rings (SSSR count). The monoisotopic (exact) mass is 621 g/mol. The Morgan fingerprint density at radius 2 is 1.93 bits per heavy atom. The Balaban J connectivity index is 1.39. The number of pyridine rings is 1. The number of anilines is 1. The molecule has 1 unspecified atom stereocenters. The van der Waals surface area contributed by atoms with Gasteiger partial charge in [-0.25, -0.2) is 13.2 Å². The number of halogens is 3. The first kappa shape index (κ1) is 30.0. The van der Waals surface area contributed by atoms with Gasteiger partial charge in [0, 0.05) is 37.8 Å². The maximum absolute atomic E-state index is 16.8. The number of aromatic hydroxyl groups is 1. The van der Waals surface area contributed by atoms with Crippen LogP contribution in [-0.2, 0) is 6.42 Å². The van der Waals surface area contributed by atoms with Crippen LogP contribution < -0.4 is 9.64 Å². The number of β-amino-alcohol motifs (C(OH)–C–C–N with tert-alkyl or cyclic N) is 1. The summed E-state index contributed by atoms with van der Waals surface area (Å²) in [4.78, 5) is 17.8. The Morgan fingerprint density at radius 1 is 1.09 bits per heavy atom. The Labute approximate surface area is 259 Å². The van der Waals surface area contributed by atoms with E-state index in [4.69, 9.17) is 9.72 Å². The predicted molar refractivity (Wildman–Crippen MR) is 166 cm³/mol. The molecule has 2 aromatic heterocycles. The van der Waals surface area contributed by atoms with Crippen LogP contribution in [0.1, 0.15) is 57.9 Å². The highest BCUT2D eigenvalue weighted by Crippen LogP contribution is 2.42. The SMILES string of the molecule is CCc1c(F)ccc2cc(O)cc(-c3ncc4c(N5CCCCC(C)(O)C5)nc(OC[C@@]56CCCN5C[C@H](F)C6)nc4c3F)c12. The summed E-state index contributed by atoms with van der Waals surface area (Å²) < 4.78 is 52.4. The van der Waals surface area contributed by atoms with E-state index in [1.54, 1.807) is 13.0 Å². The van der Waals surface area contributed by atoms with Crippen LogP contribution in [0.15, 0.2) is 30.5 Å². The van der Waals surface area contributed by atoms with Crippen LogP contribution >= 0.6 is 0 Å². The van der Waals surface area contributed by atoms with Crippen LogP contribution in [0.25, 0.3) is 32.9 Å². The van der Waals surface area contributed by atoms with Gasteiger partial charge in [-0.05, 0) is 86.5 Å². The van der Waals surface area contributed by atoms with E-state index < -0.39 is 28.9 Å². The summed E-state index contributed by atoms with van der Waals surface area (Å²) in [6, 6.07) is 5.77. The summed E-state index contributed by atoms with van der Waals surface area (Å²) in [6.45, 7) is 5.81. The highest BCUT2D eigenvalue weighted by Gasteiger charge is 2.49. The third kappa shape index (κ3) is 5.33. The van der Waals surface area contributed by atoms with Gasteiger partial charge in [-0.1, -0.05) is 13.0 Å². The number of phenolic OH excluding ortho intramolecular Hbond substituents is 1. The summed E-state index contributed by atoms with van der Waals surface area (Å²) in [7, 11) is 0. The molecule has 5 heterocycles. The molecule has 0 saturated carbocycles. The van der Waals surface area contributed by atoms with Gasteiger partial charge in [0.05, 0.1) is 16.5 Å². The van der Waals surface area contributed by atoms with Crippen molar-refractivity contribution in [2.24, 2.45) is 0 Å². The van der Waals surface area contributed by atoms with Crippen LogP contribution in [0.2, 0.25) is 0 Å². The van der Waals surface area contributed by atoms with E-state index in [2.05, 4.69) is 14.9 Å². The fraction of sp³-hybridized carbons (Fsp3) is 0.500. The highest BCUT2D eigenvalue weighted by molar-refractivity contribution is 6.01. The van der Waals surface area contributed by atoms with Crippen molar-refractivity contribution in [1.29, 1.82) is 0 Å². The average Bonchev–Trinajstić information content (AvgIpc) is 3.46. The molecule has 3 aliphatic heterocycles. The largest absolute Gasteiger partial charge is 0.508 e. The van der Waals surface area contributed by atoms with Gasteiger partial charge >= 0.3 is 6.01 Å². The number of nitrogens with zero attached hydrogens (tertiary/aromatic N) is 5. The molecule has 0 spiro atoms. The minimum absolute atomic E-state index is 0.0367. The molecule has 3 saturated heterocycles. The highest BCUT2D eigenvalue weighted by atomic mass is 19.1. The van der Waals surface area contributed by atoms with E-state index in [1.165, 1.54) is 24.4 Å². The van der Waals surface area contributed by atoms with E-state index in [0.29, 0.717) is 59.9 Å². The maximum Gasteiger partial charge on any atom is 0.319 e. The number of hydrogen-bond acceptors (Lipinski definition) is 8. The summed E-state index contributed by atoms with van der Waals surface area (Å²) >= 11 is 0. The average molecular weight is 622 g/mol. The molecule has 8 nitrogen and oxygen atoms in total. The Morgan fingerprint density at radius 3 is 2.76 bits per heavy atom. The molecule has 0 aliphatic carbocycles. The van der Waals surface area contributed by atoms with Gasteiger partial charge in [-0.2, -0.15) is 9.97 Å². The van der Waals surface area contributed by atoms with Gasteiger partial charge in [0.1, 0.15) is 41.4 Å². The maximum atomic E-state index is 16.8. The summed E-state index contributed by atoms with van der Waals surface area (Å²) in [5, 5.41) is 23.0. The van der Waals surface area contributed by atoms with Crippen LogP contribution in [0, 0.1) is 11.6 Å². The van der Waals surface area contributed by atoms with Crippen molar-refractivity contribution in [2.45, 2.75) is 76.1 Å². The lowest BCUT2D eigenvalue weighted by Gasteiger charge is -2.32. The lowest BCUT2D eigenvalue weighted by molar-refractivity contribution is 0.0611. The molecule has 2 N–H and O–H groups in total. The van der Waals surface area contributed by atoms with Crippen molar-refractivity contribution in [2.75, 3.05) is 37.7 Å².